The molecule has 1 N–H and O–H groups in total. The fraction of sp³-hybridized carbons (Fsp3) is 0.350. The summed E-state index contributed by atoms with van der Waals surface area (Å²) in [5, 5.41) is 2.96. The van der Waals surface area contributed by atoms with E-state index in [9.17, 15) is 13.2 Å². The second-order valence-electron chi connectivity index (χ2n) is 7.25. The number of carbonyl (C=O) groups excluding carboxylic acids is 1. The van der Waals surface area contributed by atoms with Crippen LogP contribution in [0.4, 0.5) is 11.4 Å². The average Bonchev–Trinajstić information content (AvgIpc) is 3.15. The van der Waals surface area contributed by atoms with Crippen LogP contribution < -0.4 is 9.62 Å². The largest absolute Gasteiger partial charge is 0.322 e. The molecule has 1 unspecified atom stereocenters. The number of nitrogens with one attached hydrogen (secondary N) is 1. The van der Waals surface area contributed by atoms with Crippen molar-refractivity contribution >= 4 is 27.3 Å². The topological polar surface area (TPSA) is 66.5 Å². The van der Waals surface area contributed by atoms with Crippen molar-refractivity contribution in [1.82, 2.24) is 0 Å². The summed E-state index contributed by atoms with van der Waals surface area (Å²) in [5.74, 6) is -0.170. The number of hydrogen-bond donors (Lipinski definition) is 1. The van der Waals surface area contributed by atoms with Crippen LogP contribution in [-0.2, 0) is 29.3 Å². The molecule has 1 amide bonds. The van der Waals surface area contributed by atoms with Crippen LogP contribution in [-0.4, -0.2) is 26.6 Å². The Hall–Kier alpha value is -2.34. The Balaban J connectivity index is 1.58. The lowest BCUT2D eigenvalue weighted by atomic mass is 10.1. The lowest BCUT2D eigenvalue weighted by molar-refractivity contribution is 0.102. The lowest BCUT2D eigenvalue weighted by Crippen LogP contribution is -2.34. The molecule has 5 nitrogen and oxygen atoms in total. The highest BCUT2D eigenvalue weighted by molar-refractivity contribution is 7.92. The smallest absolute Gasteiger partial charge is 0.255 e. The molecule has 136 valence electrons. The summed E-state index contributed by atoms with van der Waals surface area (Å²) in [5.41, 5.74) is 5.61. The summed E-state index contributed by atoms with van der Waals surface area (Å²) in [6.45, 7) is 1.88. The van der Waals surface area contributed by atoms with Crippen LogP contribution in [0, 0.1) is 0 Å². The van der Waals surface area contributed by atoms with Gasteiger partial charge in [0.2, 0.25) is 10.0 Å². The zero-order chi connectivity index (χ0) is 18.5. The quantitative estimate of drug-likeness (QED) is 0.903. The minimum atomic E-state index is -3.32. The minimum absolute atomic E-state index is 0.130. The van der Waals surface area contributed by atoms with Crippen molar-refractivity contribution in [3.63, 3.8) is 0 Å². The van der Waals surface area contributed by atoms with Crippen molar-refractivity contribution < 1.29 is 13.2 Å². The molecule has 6 heteroatoms. The van der Waals surface area contributed by atoms with Crippen molar-refractivity contribution in [2.24, 2.45) is 0 Å². The monoisotopic (exact) mass is 370 g/mol. The zero-order valence-electron chi connectivity index (χ0n) is 15.0. The number of fused-ring (bicyclic) bond motifs is 2. The lowest BCUT2D eigenvalue weighted by Gasteiger charge is -2.21. The molecule has 1 atom stereocenters. The maximum absolute atomic E-state index is 12.6. The van der Waals surface area contributed by atoms with Gasteiger partial charge in [-0.1, -0.05) is 6.07 Å². The summed E-state index contributed by atoms with van der Waals surface area (Å²) in [6.07, 6.45) is 5.18. The molecular formula is C20H22N2O3S. The van der Waals surface area contributed by atoms with Gasteiger partial charge in [0.1, 0.15) is 0 Å². The normalized spacial score (nSPS) is 18.5. The van der Waals surface area contributed by atoms with E-state index in [-0.39, 0.29) is 11.9 Å². The van der Waals surface area contributed by atoms with Crippen LogP contribution in [0.15, 0.2) is 36.4 Å². The number of amides is 1. The Kier molecular flexibility index (Phi) is 4.03. The molecule has 2 aliphatic rings. The highest BCUT2D eigenvalue weighted by atomic mass is 32.2. The van der Waals surface area contributed by atoms with Crippen LogP contribution >= 0.6 is 0 Å². The van der Waals surface area contributed by atoms with Crippen LogP contribution in [0.3, 0.4) is 0 Å². The van der Waals surface area contributed by atoms with Gasteiger partial charge >= 0.3 is 0 Å². The maximum Gasteiger partial charge on any atom is 0.255 e. The van der Waals surface area contributed by atoms with Crippen molar-refractivity contribution in [2.75, 3.05) is 15.9 Å². The van der Waals surface area contributed by atoms with E-state index in [2.05, 4.69) is 17.4 Å². The Morgan fingerprint density at radius 3 is 2.62 bits per heavy atom. The van der Waals surface area contributed by atoms with E-state index in [0.29, 0.717) is 17.7 Å². The summed E-state index contributed by atoms with van der Waals surface area (Å²) < 4.78 is 25.4. The van der Waals surface area contributed by atoms with Gasteiger partial charge in [-0.15, -0.1) is 0 Å². The van der Waals surface area contributed by atoms with Crippen LogP contribution in [0.1, 0.15) is 40.4 Å². The summed E-state index contributed by atoms with van der Waals surface area (Å²) >= 11 is 0. The number of benzene rings is 2. The first-order valence-corrected chi connectivity index (χ1v) is 10.7. The van der Waals surface area contributed by atoms with Crippen molar-refractivity contribution in [1.29, 1.82) is 0 Å². The second kappa shape index (κ2) is 6.13. The highest BCUT2D eigenvalue weighted by Crippen LogP contribution is 2.35. The molecule has 4 rings (SSSR count). The summed E-state index contributed by atoms with van der Waals surface area (Å²) in [4.78, 5) is 12.6. The fourth-order valence-electron chi connectivity index (χ4n) is 4.10. The number of rotatable bonds is 3. The van der Waals surface area contributed by atoms with Gasteiger partial charge in [-0.2, -0.15) is 0 Å². The molecule has 1 heterocycles. The van der Waals surface area contributed by atoms with Crippen LogP contribution in [0.5, 0.6) is 0 Å². The molecule has 0 saturated heterocycles. The Morgan fingerprint density at radius 2 is 1.85 bits per heavy atom. The minimum Gasteiger partial charge on any atom is -0.322 e. The van der Waals surface area contributed by atoms with Gasteiger partial charge in [0.05, 0.1) is 11.9 Å². The molecule has 2 aromatic carbocycles. The molecule has 1 aliphatic heterocycles. The Morgan fingerprint density at radius 1 is 1.08 bits per heavy atom. The second-order valence-corrected chi connectivity index (χ2v) is 9.11. The first-order valence-electron chi connectivity index (χ1n) is 8.88. The number of sulfonamides is 1. The van der Waals surface area contributed by atoms with Crippen LogP contribution in [0.2, 0.25) is 0 Å². The predicted octanol–water partition coefficient (Wildman–Crippen LogP) is 3.14. The number of aryl methyl sites for hydroxylation is 2. The van der Waals surface area contributed by atoms with Gasteiger partial charge in [0.25, 0.3) is 5.91 Å². The van der Waals surface area contributed by atoms with Gasteiger partial charge in [0, 0.05) is 17.3 Å². The van der Waals surface area contributed by atoms with E-state index in [0.717, 1.165) is 24.1 Å². The number of anilines is 2. The van der Waals surface area contributed by atoms with Crippen molar-refractivity contribution in [2.45, 2.75) is 38.6 Å². The molecule has 0 fully saturated rings. The van der Waals surface area contributed by atoms with Crippen LogP contribution in [0.25, 0.3) is 0 Å². The summed E-state index contributed by atoms with van der Waals surface area (Å²) in [6, 6.07) is 11.2. The Labute approximate surface area is 154 Å². The van der Waals surface area contributed by atoms with Gasteiger partial charge in [-0.3, -0.25) is 9.10 Å². The van der Waals surface area contributed by atoms with Crippen molar-refractivity contribution in [3.8, 4) is 0 Å². The van der Waals surface area contributed by atoms with Gasteiger partial charge in [-0.25, -0.2) is 8.42 Å². The average molecular weight is 370 g/mol. The molecule has 0 aromatic heterocycles. The summed E-state index contributed by atoms with van der Waals surface area (Å²) in [7, 11) is -3.32. The third-order valence-electron chi connectivity index (χ3n) is 5.21. The van der Waals surface area contributed by atoms with E-state index >= 15 is 0 Å². The number of hydrogen-bond acceptors (Lipinski definition) is 3. The standard InChI is InChI=1S/C20H22N2O3S/c1-13-10-17-11-16(7-9-19(17)22(13)26(2,24)25)20(23)21-18-8-6-14-4-3-5-15(14)12-18/h6-9,11-13H,3-5,10H2,1-2H3,(H,21,23). The van der Waals surface area contributed by atoms with E-state index < -0.39 is 10.0 Å². The van der Waals surface area contributed by atoms with E-state index in [1.165, 1.54) is 28.1 Å². The Bertz CT molecular complexity index is 998. The van der Waals surface area contributed by atoms with Gasteiger partial charge in [0.15, 0.2) is 0 Å². The predicted molar refractivity (Wildman–Crippen MR) is 103 cm³/mol. The first kappa shape index (κ1) is 17.1. The molecule has 26 heavy (non-hydrogen) atoms. The fourth-order valence-corrected chi connectivity index (χ4v) is 5.37. The third kappa shape index (κ3) is 2.98. The first-order chi connectivity index (χ1) is 12.3. The SMILES string of the molecule is CC1Cc2cc(C(=O)Nc3ccc4c(c3)CCC4)ccc2N1S(C)(=O)=O. The van der Waals surface area contributed by atoms with Gasteiger partial charge in [-0.05, 0) is 79.6 Å². The molecule has 0 saturated carbocycles. The highest BCUT2D eigenvalue weighted by Gasteiger charge is 2.32. The van der Waals surface area contributed by atoms with Gasteiger partial charge < -0.3 is 5.32 Å². The molecule has 1 aliphatic carbocycles. The zero-order valence-corrected chi connectivity index (χ0v) is 15.8. The molecule has 0 spiro atoms. The number of nitrogens with zero attached hydrogens (tertiary/aromatic N) is 1. The molecule has 2 aromatic rings. The third-order valence-corrected chi connectivity index (χ3v) is 6.48. The van der Waals surface area contributed by atoms with E-state index in [1.54, 1.807) is 18.2 Å². The molecular weight excluding hydrogens is 348 g/mol. The van der Waals surface area contributed by atoms with E-state index in [4.69, 9.17) is 0 Å². The van der Waals surface area contributed by atoms with E-state index in [1.807, 2.05) is 13.0 Å². The number of carbonyl (C=O) groups is 1. The molecule has 0 bridgehead atoms. The maximum atomic E-state index is 12.6. The molecule has 0 radical (unpaired) electrons. The van der Waals surface area contributed by atoms with Crippen molar-refractivity contribution in [3.05, 3.63) is 58.7 Å².